The third-order valence-corrected chi connectivity index (χ3v) is 5.97. The molecule has 130 valence electrons. The van der Waals surface area contributed by atoms with Gasteiger partial charge in [0, 0.05) is 18.4 Å². The van der Waals surface area contributed by atoms with Gasteiger partial charge in [-0.25, -0.2) is 0 Å². The molecular formula is C20H17Cl3O2. The van der Waals surface area contributed by atoms with Crippen molar-refractivity contribution in [1.82, 2.24) is 0 Å². The van der Waals surface area contributed by atoms with Crippen LogP contribution in [0.25, 0.3) is 11.1 Å². The predicted molar refractivity (Wildman–Crippen MR) is 103 cm³/mol. The summed E-state index contributed by atoms with van der Waals surface area (Å²) in [6.45, 7) is 2.02. The number of benzene rings is 2. The van der Waals surface area contributed by atoms with Crippen LogP contribution in [0.15, 0.2) is 30.3 Å². The average molecular weight is 396 g/mol. The Bertz CT molecular complexity index is 842. The largest absolute Gasteiger partial charge is 0.299 e. The minimum absolute atomic E-state index is 0.00309. The molecule has 5 heteroatoms. The van der Waals surface area contributed by atoms with Gasteiger partial charge < -0.3 is 0 Å². The van der Waals surface area contributed by atoms with Crippen LogP contribution in [0.3, 0.4) is 0 Å². The highest BCUT2D eigenvalue weighted by atomic mass is 35.5. The zero-order valence-corrected chi connectivity index (χ0v) is 16.0. The molecule has 0 radical (unpaired) electrons. The van der Waals surface area contributed by atoms with Crippen LogP contribution in [-0.2, 0) is 16.0 Å². The smallest absolute Gasteiger partial charge is 0.147 e. The molecule has 2 aromatic carbocycles. The molecule has 2 nitrogen and oxygen atoms in total. The van der Waals surface area contributed by atoms with Crippen LogP contribution in [0.1, 0.15) is 43.2 Å². The highest BCUT2D eigenvalue weighted by Gasteiger charge is 2.33. The third-order valence-electron chi connectivity index (χ3n) is 4.67. The molecule has 3 rings (SSSR count). The van der Waals surface area contributed by atoms with Crippen molar-refractivity contribution < 1.29 is 9.59 Å². The summed E-state index contributed by atoms with van der Waals surface area (Å²) in [6, 6.07) is 9.28. The number of carbonyl (C=O) groups excluding carboxylic acids is 2. The van der Waals surface area contributed by atoms with Crippen LogP contribution in [0.5, 0.6) is 0 Å². The van der Waals surface area contributed by atoms with E-state index in [0.717, 1.165) is 28.7 Å². The third kappa shape index (κ3) is 3.48. The summed E-state index contributed by atoms with van der Waals surface area (Å²) in [5, 5.41) is 1.05. The lowest BCUT2D eigenvalue weighted by molar-refractivity contribution is -0.131. The van der Waals surface area contributed by atoms with Crippen LogP contribution in [0, 0.1) is 0 Å². The van der Waals surface area contributed by atoms with Gasteiger partial charge in [0.2, 0.25) is 0 Å². The van der Waals surface area contributed by atoms with E-state index in [-0.39, 0.29) is 11.6 Å². The minimum atomic E-state index is -0.662. The van der Waals surface area contributed by atoms with Gasteiger partial charge in [0.1, 0.15) is 17.5 Å². The van der Waals surface area contributed by atoms with Crippen molar-refractivity contribution >= 4 is 46.4 Å². The first-order valence-electron chi connectivity index (χ1n) is 8.26. The summed E-state index contributed by atoms with van der Waals surface area (Å²) in [5.74, 6) is -0.656. The number of Topliss-reactive ketones (excluding diaryl/α,β-unsaturated/α-hetero) is 2. The van der Waals surface area contributed by atoms with E-state index in [2.05, 4.69) is 0 Å². The molecule has 1 aliphatic rings. The van der Waals surface area contributed by atoms with Gasteiger partial charge in [-0.3, -0.25) is 9.59 Å². The summed E-state index contributed by atoms with van der Waals surface area (Å²) in [7, 11) is 0. The van der Waals surface area contributed by atoms with Gasteiger partial charge in [0.15, 0.2) is 0 Å². The van der Waals surface area contributed by atoms with Crippen LogP contribution < -0.4 is 0 Å². The van der Waals surface area contributed by atoms with E-state index in [0.29, 0.717) is 34.3 Å². The molecule has 25 heavy (non-hydrogen) atoms. The maximum atomic E-state index is 12.4. The van der Waals surface area contributed by atoms with Crippen molar-refractivity contribution in [3.63, 3.8) is 0 Å². The zero-order chi connectivity index (χ0) is 18.1. The van der Waals surface area contributed by atoms with E-state index in [9.17, 15) is 9.59 Å². The maximum Gasteiger partial charge on any atom is 0.147 e. The Labute approximate surface area is 162 Å². The highest BCUT2D eigenvalue weighted by molar-refractivity contribution is 6.49. The summed E-state index contributed by atoms with van der Waals surface area (Å²) in [5.41, 5.74) is 3.35. The fraction of sp³-hybridized carbons (Fsp3) is 0.300. The first kappa shape index (κ1) is 18.4. The van der Waals surface area contributed by atoms with E-state index in [4.69, 9.17) is 34.8 Å². The second-order valence-corrected chi connectivity index (χ2v) is 7.37. The van der Waals surface area contributed by atoms with Crippen molar-refractivity contribution in [3.8, 4) is 11.1 Å². The molecule has 0 amide bonds. The van der Waals surface area contributed by atoms with E-state index in [1.54, 1.807) is 12.1 Å². The zero-order valence-electron chi connectivity index (χ0n) is 13.7. The summed E-state index contributed by atoms with van der Waals surface area (Å²) < 4.78 is 0. The summed E-state index contributed by atoms with van der Waals surface area (Å²) in [6.07, 6.45) is 2.31. The Morgan fingerprint density at radius 3 is 2.28 bits per heavy atom. The summed E-state index contributed by atoms with van der Waals surface area (Å²) in [4.78, 5) is 24.8. The Balaban J connectivity index is 2.14. The van der Waals surface area contributed by atoms with Crippen molar-refractivity contribution in [2.75, 3.05) is 0 Å². The highest BCUT2D eigenvalue weighted by Crippen LogP contribution is 2.40. The fourth-order valence-electron chi connectivity index (χ4n) is 3.35. The molecule has 1 aliphatic carbocycles. The Morgan fingerprint density at radius 1 is 0.960 bits per heavy atom. The van der Waals surface area contributed by atoms with E-state index < -0.39 is 5.92 Å². The number of hydrogen-bond acceptors (Lipinski definition) is 2. The number of halogens is 3. The van der Waals surface area contributed by atoms with Gasteiger partial charge >= 0.3 is 0 Å². The lowest BCUT2D eigenvalue weighted by Gasteiger charge is -2.23. The topological polar surface area (TPSA) is 34.1 Å². The molecular weight excluding hydrogens is 379 g/mol. The molecule has 2 aromatic rings. The number of carbonyl (C=O) groups is 2. The molecule has 0 saturated heterocycles. The molecule has 0 bridgehead atoms. The predicted octanol–water partition coefficient (Wildman–Crippen LogP) is 6.28. The Hall–Kier alpha value is -1.35. The monoisotopic (exact) mass is 394 g/mol. The second-order valence-electron chi connectivity index (χ2n) is 6.21. The quantitative estimate of drug-likeness (QED) is 0.452. The second kappa shape index (κ2) is 7.49. The molecule has 0 heterocycles. The van der Waals surface area contributed by atoms with Crippen LogP contribution in [-0.4, -0.2) is 11.6 Å². The first-order valence-corrected chi connectivity index (χ1v) is 9.39. The van der Waals surface area contributed by atoms with Gasteiger partial charge in [-0.15, -0.1) is 0 Å². The average Bonchev–Trinajstić information content (AvgIpc) is 2.60. The van der Waals surface area contributed by atoms with Gasteiger partial charge in [-0.05, 0) is 41.7 Å². The van der Waals surface area contributed by atoms with Gasteiger partial charge in [0.25, 0.3) is 0 Å². The number of hydrogen-bond donors (Lipinski definition) is 0. The van der Waals surface area contributed by atoms with Gasteiger partial charge in [0.05, 0.1) is 15.1 Å². The molecule has 0 aromatic heterocycles. The molecule has 1 fully saturated rings. The van der Waals surface area contributed by atoms with Crippen molar-refractivity contribution in [1.29, 1.82) is 0 Å². The van der Waals surface area contributed by atoms with E-state index in [1.165, 1.54) is 0 Å². The lowest BCUT2D eigenvalue weighted by Crippen LogP contribution is -2.27. The van der Waals surface area contributed by atoms with E-state index in [1.807, 2.05) is 25.1 Å². The number of rotatable bonds is 3. The van der Waals surface area contributed by atoms with Crippen LogP contribution in [0.4, 0.5) is 0 Å². The van der Waals surface area contributed by atoms with Crippen molar-refractivity contribution in [3.05, 3.63) is 56.5 Å². The van der Waals surface area contributed by atoms with Gasteiger partial charge in [-0.1, -0.05) is 59.9 Å². The first-order chi connectivity index (χ1) is 11.9. The Kier molecular flexibility index (Phi) is 5.52. The van der Waals surface area contributed by atoms with Gasteiger partial charge in [-0.2, -0.15) is 0 Å². The van der Waals surface area contributed by atoms with Crippen LogP contribution >= 0.6 is 34.8 Å². The minimum Gasteiger partial charge on any atom is -0.299 e. The Morgan fingerprint density at radius 2 is 1.64 bits per heavy atom. The normalized spacial score (nSPS) is 15.7. The molecule has 0 unspecified atom stereocenters. The van der Waals surface area contributed by atoms with Crippen molar-refractivity contribution in [2.24, 2.45) is 0 Å². The van der Waals surface area contributed by atoms with Crippen LogP contribution in [0.2, 0.25) is 15.1 Å². The number of aryl methyl sites for hydroxylation is 1. The van der Waals surface area contributed by atoms with E-state index >= 15 is 0 Å². The molecule has 0 atom stereocenters. The summed E-state index contributed by atoms with van der Waals surface area (Å²) >= 11 is 18.5. The molecule has 0 N–H and O–H groups in total. The lowest BCUT2D eigenvalue weighted by atomic mass is 9.79. The van der Waals surface area contributed by atoms with Crippen molar-refractivity contribution in [2.45, 2.75) is 38.5 Å². The SMILES string of the molecule is CCc1ccc(-c2ccc(Cl)c(Cl)c2Cl)cc1C1C(=O)CCCC1=O. The molecule has 0 spiro atoms. The molecule has 1 saturated carbocycles. The number of ketones is 2. The molecule has 0 aliphatic heterocycles. The fourth-order valence-corrected chi connectivity index (χ4v) is 4.00. The maximum absolute atomic E-state index is 12.4. The standard InChI is InChI=1S/C20H17Cl3O2/c1-2-11-6-7-12(13-8-9-15(21)20(23)19(13)22)10-14(11)18-16(24)4-3-5-17(18)25/h6-10,18H,2-5H2,1H3.